The second-order valence-corrected chi connectivity index (χ2v) is 11.8. The number of ether oxygens (including phenoxy) is 2. The Morgan fingerprint density at radius 2 is 1.95 bits per heavy atom. The zero-order chi connectivity index (χ0) is 27.9. The first-order chi connectivity index (χ1) is 18.5. The van der Waals surface area contributed by atoms with Crippen LogP contribution in [0.25, 0.3) is 0 Å². The molecule has 9 nitrogen and oxygen atoms in total. The van der Waals surface area contributed by atoms with E-state index < -0.39 is 17.5 Å². The number of amidine groups is 1. The lowest BCUT2D eigenvalue weighted by molar-refractivity contribution is -0.145. The molecule has 208 valence electrons. The Morgan fingerprint density at radius 1 is 1.18 bits per heavy atom. The Morgan fingerprint density at radius 3 is 2.59 bits per heavy atom. The summed E-state index contributed by atoms with van der Waals surface area (Å²) in [4.78, 5) is 34.4. The Kier molecular flexibility index (Phi) is 7.37. The monoisotopic (exact) mass is 534 g/mol. The van der Waals surface area contributed by atoms with Crippen molar-refractivity contribution >= 4 is 23.3 Å². The van der Waals surface area contributed by atoms with Gasteiger partial charge in [-0.2, -0.15) is 0 Å². The fourth-order valence-electron chi connectivity index (χ4n) is 5.29. The second-order valence-electron chi connectivity index (χ2n) is 11.8. The van der Waals surface area contributed by atoms with Gasteiger partial charge in [0.1, 0.15) is 17.3 Å². The normalized spacial score (nSPS) is 18.9. The van der Waals surface area contributed by atoms with Crippen molar-refractivity contribution in [1.82, 2.24) is 9.88 Å². The number of hydrogen-bond acceptors (Lipinski definition) is 8. The van der Waals surface area contributed by atoms with Crippen LogP contribution in [0.4, 0.5) is 5.69 Å². The van der Waals surface area contributed by atoms with Gasteiger partial charge >= 0.3 is 5.97 Å². The summed E-state index contributed by atoms with van der Waals surface area (Å²) in [5.74, 6) is 0.740. The van der Waals surface area contributed by atoms with Gasteiger partial charge < -0.3 is 24.4 Å². The quantitative estimate of drug-likeness (QED) is 0.369. The molecule has 2 aliphatic heterocycles. The van der Waals surface area contributed by atoms with E-state index in [1.165, 1.54) is 0 Å². The van der Waals surface area contributed by atoms with Gasteiger partial charge in [-0.1, -0.05) is 26.8 Å². The molecule has 1 saturated carbocycles. The van der Waals surface area contributed by atoms with Gasteiger partial charge in [-0.3, -0.25) is 10.2 Å². The minimum Gasteiger partial charge on any atom is -0.479 e. The summed E-state index contributed by atoms with van der Waals surface area (Å²) in [6, 6.07) is 7.73. The molecule has 5 rings (SSSR count). The number of nitrogens with one attached hydrogen (secondary N) is 1. The summed E-state index contributed by atoms with van der Waals surface area (Å²) in [5, 5.41) is 19.0. The molecule has 0 amide bonds. The fourth-order valence-corrected chi connectivity index (χ4v) is 5.29. The summed E-state index contributed by atoms with van der Waals surface area (Å²) in [7, 11) is 0. The number of anilines is 1. The van der Waals surface area contributed by atoms with Crippen LogP contribution < -0.4 is 9.64 Å². The van der Waals surface area contributed by atoms with Crippen LogP contribution in [0.1, 0.15) is 85.7 Å². The lowest BCUT2D eigenvalue weighted by atomic mass is 9.84. The van der Waals surface area contributed by atoms with E-state index in [-0.39, 0.29) is 31.4 Å². The standard InChI is InChI=1S/C30H38N4O5/c1-5-38-26(37)17-39-28-22(30(2,3)4)12-20(13-24(28)33-11-10-21(35)15-33)25(36)16-34-14-19-8-9-23(18-6-7-18)32-27(19)29(34)31/h8-9,12-13,18,21,31,35H,5-7,10-11,14-17H2,1-4H3. The van der Waals surface area contributed by atoms with E-state index in [2.05, 4.69) is 6.07 Å². The van der Waals surface area contributed by atoms with Crippen molar-refractivity contribution in [3.05, 3.63) is 52.3 Å². The van der Waals surface area contributed by atoms with Gasteiger partial charge in [-0.15, -0.1) is 0 Å². The Hall–Kier alpha value is -3.46. The number of nitrogens with zero attached hydrogens (tertiary/aromatic N) is 3. The highest BCUT2D eigenvalue weighted by atomic mass is 16.6. The predicted octanol–water partition coefficient (Wildman–Crippen LogP) is 3.79. The summed E-state index contributed by atoms with van der Waals surface area (Å²) < 4.78 is 11.1. The molecule has 39 heavy (non-hydrogen) atoms. The van der Waals surface area contributed by atoms with Gasteiger partial charge in [0.25, 0.3) is 0 Å². The topological polar surface area (TPSA) is 116 Å². The molecule has 3 aliphatic rings. The van der Waals surface area contributed by atoms with Crippen molar-refractivity contribution < 1.29 is 24.2 Å². The Bertz CT molecular complexity index is 1300. The van der Waals surface area contributed by atoms with Crippen LogP contribution in [0.5, 0.6) is 5.75 Å². The number of hydrogen-bond donors (Lipinski definition) is 2. The number of ketones is 1. The Labute approximate surface area is 229 Å². The highest BCUT2D eigenvalue weighted by molar-refractivity contribution is 6.05. The number of aliphatic hydroxyl groups excluding tert-OH is 1. The SMILES string of the molecule is CCOC(=O)COc1c(N2CCC(O)C2)cc(C(=O)CN2Cc3ccc(C4CC4)nc3C2=N)cc1C(C)(C)C. The summed E-state index contributed by atoms with van der Waals surface area (Å²) in [6.45, 7) is 9.43. The smallest absolute Gasteiger partial charge is 0.344 e. The number of aromatic nitrogens is 1. The van der Waals surface area contributed by atoms with E-state index >= 15 is 0 Å². The fraction of sp³-hybridized carbons (Fsp3) is 0.533. The van der Waals surface area contributed by atoms with Gasteiger partial charge in [-0.25, -0.2) is 9.78 Å². The number of esters is 1. The maximum Gasteiger partial charge on any atom is 0.344 e. The zero-order valence-corrected chi connectivity index (χ0v) is 23.2. The van der Waals surface area contributed by atoms with E-state index in [4.69, 9.17) is 19.9 Å². The van der Waals surface area contributed by atoms with Crippen LogP contribution >= 0.6 is 0 Å². The molecule has 1 aromatic carbocycles. The van der Waals surface area contributed by atoms with Crippen LogP contribution in [-0.4, -0.2) is 71.5 Å². The van der Waals surface area contributed by atoms with Crippen LogP contribution in [0.15, 0.2) is 24.3 Å². The second kappa shape index (κ2) is 10.6. The number of aliphatic hydroxyl groups is 1. The Balaban J connectivity index is 1.44. The number of carbonyl (C=O) groups excluding carboxylic acids is 2. The number of rotatable bonds is 9. The highest BCUT2D eigenvalue weighted by Crippen LogP contribution is 2.42. The molecule has 2 aromatic rings. The molecule has 1 atom stereocenters. The number of Topliss-reactive ketones (excluding diaryl/α,β-unsaturated/α-hetero) is 1. The molecule has 2 fully saturated rings. The average Bonchev–Trinajstić information content (AvgIpc) is 3.58. The molecule has 3 heterocycles. The van der Waals surface area contributed by atoms with Crippen LogP contribution in [-0.2, 0) is 21.5 Å². The van der Waals surface area contributed by atoms with Crippen molar-refractivity contribution in [3.63, 3.8) is 0 Å². The number of benzene rings is 1. The lowest BCUT2D eigenvalue weighted by Crippen LogP contribution is -2.31. The van der Waals surface area contributed by atoms with Crippen molar-refractivity contribution in [1.29, 1.82) is 5.41 Å². The molecule has 1 unspecified atom stereocenters. The number of fused-ring (bicyclic) bond motifs is 1. The number of pyridine rings is 1. The third-order valence-electron chi connectivity index (χ3n) is 7.58. The molecule has 0 bridgehead atoms. The molecule has 2 N–H and O–H groups in total. The van der Waals surface area contributed by atoms with Gasteiger partial charge in [0.15, 0.2) is 12.4 Å². The van der Waals surface area contributed by atoms with Gasteiger partial charge in [0.2, 0.25) is 0 Å². The maximum atomic E-state index is 13.7. The van der Waals surface area contributed by atoms with E-state index in [1.54, 1.807) is 17.9 Å². The van der Waals surface area contributed by atoms with Crippen LogP contribution in [0.2, 0.25) is 0 Å². The first-order valence-corrected chi connectivity index (χ1v) is 13.8. The van der Waals surface area contributed by atoms with Crippen molar-refractivity contribution in [2.45, 2.75) is 70.9 Å². The first kappa shape index (κ1) is 27.1. The van der Waals surface area contributed by atoms with Crippen LogP contribution in [0, 0.1) is 5.41 Å². The van der Waals surface area contributed by atoms with E-state index in [1.807, 2.05) is 37.8 Å². The number of β-amino-alcohol motifs (C(OH)–C–C–N with tert-alkyl or cyclic N) is 1. The number of carbonyl (C=O) groups is 2. The average molecular weight is 535 g/mol. The molecule has 0 spiro atoms. The third-order valence-corrected chi connectivity index (χ3v) is 7.58. The minimum atomic E-state index is -0.475. The van der Waals surface area contributed by atoms with E-state index in [9.17, 15) is 14.7 Å². The zero-order valence-electron chi connectivity index (χ0n) is 23.2. The molecular weight excluding hydrogens is 496 g/mol. The first-order valence-electron chi connectivity index (χ1n) is 13.8. The maximum absolute atomic E-state index is 13.7. The molecule has 1 aliphatic carbocycles. The summed E-state index contributed by atoms with van der Waals surface area (Å²) in [6.07, 6.45) is 2.43. The highest BCUT2D eigenvalue weighted by Gasteiger charge is 2.33. The minimum absolute atomic E-state index is 0.0582. The summed E-state index contributed by atoms with van der Waals surface area (Å²) in [5.41, 5.74) is 4.28. The third kappa shape index (κ3) is 5.78. The van der Waals surface area contributed by atoms with Crippen molar-refractivity contribution in [2.75, 3.05) is 37.7 Å². The predicted molar refractivity (Wildman–Crippen MR) is 148 cm³/mol. The van der Waals surface area contributed by atoms with E-state index in [0.29, 0.717) is 54.7 Å². The molecule has 0 radical (unpaired) electrons. The molecular formula is C30H38N4O5. The molecule has 1 aromatic heterocycles. The van der Waals surface area contributed by atoms with Crippen molar-refractivity contribution in [3.8, 4) is 5.75 Å². The lowest BCUT2D eigenvalue weighted by Gasteiger charge is -2.29. The van der Waals surface area contributed by atoms with Crippen molar-refractivity contribution in [2.24, 2.45) is 0 Å². The largest absolute Gasteiger partial charge is 0.479 e. The molecule has 1 saturated heterocycles. The van der Waals surface area contributed by atoms with Gasteiger partial charge in [0.05, 0.1) is 24.9 Å². The van der Waals surface area contributed by atoms with Gasteiger partial charge in [-0.05, 0) is 49.8 Å². The van der Waals surface area contributed by atoms with Crippen LogP contribution in [0.3, 0.4) is 0 Å². The summed E-state index contributed by atoms with van der Waals surface area (Å²) >= 11 is 0. The molecule has 9 heteroatoms. The van der Waals surface area contributed by atoms with E-state index in [0.717, 1.165) is 29.7 Å². The van der Waals surface area contributed by atoms with Gasteiger partial charge in [0, 0.05) is 47.9 Å².